The molecule has 0 saturated carbocycles. The van der Waals surface area contributed by atoms with Crippen molar-refractivity contribution in [3.8, 4) is 11.4 Å². The predicted molar refractivity (Wildman–Crippen MR) is 73.8 cm³/mol. The summed E-state index contributed by atoms with van der Waals surface area (Å²) in [4.78, 5) is 4.28. The third kappa shape index (κ3) is 3.01. The van der Waals surface area contributed by atoms with Gasteiger partial charge in [-0.2, -0.15) is 4.98 Å². The molecule has 6 heteroatoms. The van der Waals surface area contributed by atoms with Gasteiger partial charge >= 0.3 is 0 Å². The second kappa shape index (κ2) is 5.02. The molecule has 102 valence electrons. The summed E-state index contributed by atoms with van der Waals surface area (Å²) in [7, 11) is 0. The van der Waals surface area contributed by atoms with Crippen LogP contribution in [0.4, 0.5) is 4.39 Å². The SMILES string of the molecule is CC(C)(C)[C@@H](N)c1nc(-c2ccc(F)cc2Br)no1. The van der Waals surface area contributed by atoms with E-state index >= 15 is 0 Å². The van der Waals surface area contributed by atoms with Crippen LogP contribution >= 0.6 is 15.9 Å². The van der Waals surface area contributed by atoms with Crippen LogP contribution in [0, 0.1) is 11.2 Å². The molecule has 1 heterocycles. The molecule has 0 fully saturated rings. The third-order valence-corrected chi connectivity index (χ3v) is 3.47. The fraction of sp³-hybridized carbons (Fsp3) is 0.385. The Morgan fingerprint density at radius 1 is 1.37 bits per heavy atom. The number of nitrogens with zero attached hydrogens (tertiary/aromatic N) is 2. The van der Waals surface area contributed by atoms with Crippen LogP contribution in [-0.2, 0) is 0 Å². The van der Waals surface area contributed by atoms with Crippen molar-refractivity contribution in [2.24, 2.45) is 11.1 Å². The lowest BCUT2D eigenvalue weighted by molar-refractivity contribution is 0.253. The van der Waals surface area contributed by atoms with E-state index in [9.17, 15) is 4.39 Å². The molecule has 2 rings (SSSR count). The summed E-state index contributed by atoms with van der Waals surface area (Å²) in [6, 6.07) is 3.94. The van der Waals surface area contributed by atoms with Gasteiger partial charge in [-0.05, 0) is 39.5 Å². The molecule has 0 spiro atoms. The minimum Gasteiger partial charge on any atom is -0.337 e. The van der Waals surface area contributed by atoms with Crippen LogP contribution in [0.5, 0.6) is 0 Å². The van der Waals surface area contributed by atoms with Crippen LogP contribution in [0.1, 0.15) is 32.7 Å². The molecule has 2 N–H and O–H groups in total. The van der Waals surface area contributed by atoms with E-state index in [4.69, 9.17) is 10.3 Å². The molecule has 0 aliphatic heterocycles. The zero-order chi connectivity index (χ0) is 14.2. The average Bonchev–Trinajstić information content (AvgIpc) is 2.75. The average molecular weight is 328 g/mol. The van der Waals surface area contributed by atoms with Gasteiger partial charge in [0, 0.05) is 10.0 Å². The zero-order valence-corrected chi connectivity index (χ0v) is 12.5. The molecule has 0 amide bonds. The second-order valence-electron chi connectivity index (χ2n) is 5.42. The van der Waals surface area contributed by atoms with Gasteiger partial charge in [0.1, 0.15) is 5.82 Å². The highest BCUT2D eigenvalue weighted by Gasteiger charge is 2.28. The predicted octanol–water partition coefficient (Wildman–Crippen LogP) is 3.68. The third-order valence-electron chi connectivity index (χ3n) is 2.81. The van der Waals surface area contributed by atoms with Crippen molar-refractivity contribution in [1.82, 2.24) is 10.1 Å². The maximum absolute atomic E-state index is 13.0. The number of rotatable bonds is 2. The van der Waals surface area contributed by atoms with Gasteiger partial charge < -0.3 is 10.3 Å². The van der Waals surface area contributed by atoms with E-state index in [0.29, 0.717) is 21.8 Å². The Kier molecular flexibility index (Phi) is 3.73. The molecule has 0 unspecified atom stereocenters. The lowest BCUT2D eigenvalue weighted by Crippen LogP contribution is -2.26. The number of benzene rings is 1. The van der Waals surface area contributed by atoms with Crippen molar-refractivity contribution in [2.45, 2.75) is 26.8 Å². The van der Waals surface area contributed by atoms with Crippen molar-refractivity contribution in [3.63, 3.8) is 0 Å². The number of hydrogen-bond acceptors (Lipinski definition) is 4. The van der Waals surface area contributed by atoms with Gasteiger partial charge in [-0.25, -0.2) is 4.39 Å². The Balaban J connectivity index is 2.36. The highest BCUT2D eigenvalue weighted by Crippen LogP contribution is 2.32. The van der Waals surface area contributed by atoms with Crippen molar-refractivity contribution < 1.29 is 8.91 Å². The van der Waals surface area contributed by atoms with Crippen LogP contribution in [0.25, 0.3) is 11.4 Å². The van der Waals surface area contributed by atoms with Crippen LogP contribution in [0.3, 0.4) is 0 Å². The Hall–Kier alpha value is -1.27. The summed E-state index contributed by atoms with van der Waals surface area (Å²) >= 11 is 3.28. The fourth-order valence-corrected chi connectivity index (χ4v) is 2.04. The Labute approximate surface area is 119 Å². The molecule has 19 heavy (non-hydrogen) atoms. The van der Waals surface area contributed by atoms with Gasteiger partial charge in [0.05, 0.1) is 6.04 Å². The van der Waals surface area contributed by atoms with Crippen molar-refractivity contribution in [3.05, 3.63) is 34.4 Å². The van der Waals surface area contributed by atoms with E-state index in [-0.39, 0.29) is 17.3 Å². The van der Waals surface area contributed by atoms with E-state index in [2.05, 4.69) is 26.1 Å². The van der Waals surface area contributed by atoms with Crippen LogP contribution in [-0.4, -0.2) is 10.1 Å². The molecule has 1 aromatic carbocycles. The Morgan fingerprint density at radius 3 is 2.63 bits per heavy atom. The maximum Gasteiger partial charge on any atom is 0.244 e. The van der Waals surface area contributed by atoms with Crippen LogP contribution in [0.15, 0.2) is 27.2 Å². The molecule has 4 nitrogen and oxygen atoms in total. The van der Waals surface area contributed by atoms with Crippen molar-refractivity contribution in [1.29, 1.82) is 0 Å². The standard InChI is InChI=1S/C13H15BrFN3O/c1-13(2,3)10(16)12-17-11(18-19-12)8-5-4-7(15)6-9(8)14/h4-6,10H,16H2,1-3H3/t10-/m0/s1. The normalized spacial score (nSPS) is 13.6. The van der Waals surface area contributed by atoms with Crippen LogP contribution in [0.2, 0.25) is 0 Å². The minimum atomic E-state index is -0.354. The molecule has 1 atom stereocenters. The summed E-state index contributed by atoms with van der Waals surface area (Å²) in [6.07, 6.45) is 0. The molecule has 0 aliphatic carbocycles. The Morgan fingerprint density at radius 2 is 2.05 bits per heavy atom. The molecular formula is C13H15BrFN3O. The van der Waals surface area contributed by atoms with Gasteiger partial charge in [0.15, 0.2) is 0 Å². The Bertz CT molecular complexity index is 592. The molecule has 2 aromatic rings. The molecule has 0 saturated heterocycles. The van der Waals surface area contributed by atoms with Crippen molar-refractivity contribution >= 4 is 15.9 Å². The smallest absolute Gasteiger partial charge is 0.244 e. The highest BCUT2D eigenvalue weighted by molar-refractivity contribution is 9.10. The first-order valence-corrected chi connectivity index (χ1v) is 6.63. The topological polar surface area (TPSA) is 64.9 Å². The summed E-state index contributed by atoms with van der Waals surface area (Å²) in [5.41, 5.74) is 6.55. The monoisotopic (exact) mass is 327 g/mol. The molecular weight excluding hydrogens is 313 g/mol. The lowest BCUT2D eigenvalue weighted by atomic mass is 9.87. The summed E-state index contributed by atoms with van der Waals surface area (Å²) in [5, 5.41) is 3.89. The molecule has 0 bridgehead atoms. The second-order valence-corrected chi connectivity index (χ2v) is 6.28. The highest BCUT2D eigenvalue weighted by atomic mass is 79.9. The van der Waals surface area contributed by atoms with Gasteiger partial charge in [-0.3, -0.25) is 0 Å². The first-order chi connectivity index (χ1) is 8.79. The number of aromatic nitrogens is 2. The van der Waals surface area contributed by atoms with Crippen molar-refractivity contribution in [2.75, 3.05) is 0 Å². The summed E-state index contributed by atoms with van der Waals surface area (Å²) in [6.45, 7) is 5.99. The molecule has 1 aromatic heterocycles. The zero-order valence-electron chi connectivity index (χ0n) is 10.9. The number of nitrogens with two attached hydrogens (primary N) is 1. The van der Waals surface area contributed by atoms with E-state index < -0.39 is 0 Å². The lowest BCUT2D eigenvalue weighted by Gasteiger charge is -2.23. The van der Waals surface area contributed by atoms with E-state index in [1.165, 1.54) is 12.1 Å². The fourth-order valence-electron chi connectivity index (χ4n) is 1.51. The number of halogens is 2. The van der Waals surface area contributed by atoms with E-state index in [0.717, 1.165) is 0 Å². The van der Waals surface area contributed by atoms with E-state index in [1.54, 1.807) is 6.07 Å². The van der Waals surface area contributed by atoms with Gasteiger partial charge in [0.2, 0.25) is 11.7 Å². The van der Waals surface area contributed by atoms with E-state index in [1.807, 2.05) is 20.8 Å². The number of hydrogen-bond donors (Lipinski definition) is 1. The molecule has 0 radical (unpaired) electrons. The molecule has 0 aliphatic rings. The first-order valence-electron chi connectivity index (χ1n) is 5.83. The largest absolute Gasteiger partial charge is 0.337 e. The van der Waals surface area contributed by atoms with Gasteiger partial charge in [-0.1, -0.05) is 25.9 Å². The summed E-state index contributed by atoms with van der Waals surface area (Å²) in [5.74, 6) is 0.436. The first kappa shape index (κ1) is 14.1. The van der Waals surface area contributed by atoms with Gasteiger partial charge in [-0.15, -0.1) is 0 Å². The summed E-state index contributed by atoms with van der Waals surface area (Å²) < 4.78 is 18.8. The minimum absolute atomic E-state index is 0.177. The maximum atomic E-state index is 13.0. The quantitative estimate of drug-likeness (QED) is 0.913. The van der Waals surface area contributed by atoms with Crippen LogP contribution < -0.4 is 5.73 Å². The van der Waals surface area contributed by atoms with Gasteiger partial charge in [0.25, 0.3) is 0 Å².